The Labute approximate surface area is 121 Å². The summed E-state index contributed by atoms with van der Waals surface area (Å²) in [5, 5.41) is 9.36. The Bertz CT molecular complexity index is 420. The smallest absolute Gasteiger partial charge is 0.279 e. The van der Waals surface area contributed by atoms with E-state index >= 15 is 0 Å². The number of rotatable bonds is 7. The van der Waals surface area contributed by atoms with Crippen molar-refractivity contribution in [3.63, 3.8) is 0 Å². The highest BCUT2D eigenvalue weighted by molar-refractivity contribution is 7.87. The second-order valence-electron chi connectivity index (χ2n) is 6.64. The van der Waals surface area contributed by atoms with Gasteiger partial charge in [0.15, 0.2) is 0 Å². The Morgan fingerprint density at radius 1 is 1.10 bits per heavy atom. The van der Waals surface area contributed by atoms with E-state index in [2.05, 4.69) is 4.72 Å². The van der Waals surface area contributed by atoms with Crippen molar-refractivity contribution in [2.24, 2.45) is 17.8 Å². The summed E-state index contributed by atoms with van der Waals surface area (Å²) in [6, 6.07) is -0.235. The third kappa shape index (κ3) is 3.35. The molecule has 0 aromatic carbocycles. The van der Waals surface area contributed by atoms with Gasteiger partial charge in [-0.25, -0.2) is 4.72 Å². The first-order chi connectivity index (χ1) is 9.62. The Balaban J connectivity index is 1.59. The SMILES string of the molecule is O=S(=O)(NCC(C1CC1)C1CC1)N1CCCCC1CO. The maximum atomic E-state index is 12.4. The van der Waals surface area contributed by atoms with Crippen molar-refractivity contribution in [2.45, 2.75) is 51.0 Å². The summed E-state index contributed by atoms with van der Waals surface area (Å²) < 4.78 is 29.2. The molecule has 20 heavy (non-hydrogen) atoms. The molecule has 0 amide bonds. The van der Waals surface area contributed by atoms with Crippen molar-refractivity contribution < 1.29 is 13.5 Å². The van der Waals surface area contributed by atoms with Crippen LogP contribution in [-0.4, -0.2) is 43.6 Å². The zero-order chi connectivity index (χ0) is 14.2. The van der Waals surface area contributed by atoms with Gasteiger partial charge in [0.05, 0.1) is 6.61 Å². The Hall–Kier alpha value is -0.170. The van der Waals surface area contributed by atoms with Crippen LogP contribution >= 0.6 is 0 Å². The first-order valence-corrected chi connectivity index (χ1v) is 9.43. The fourth-order valence-electron chi connectivity index (χ4n) is 3.52. The molecule has 0 bridgehead atoms. The zero-order valence-corrected chi connectivity index (χ0v) is 12.8. The highest BCUT2D eigenvalue weighted by atomic mass is 32.2. The predicted octanol–water partition coefficient (Wildman–Crippen LogP) is 1.10. The van der Waals surface area contributed by atoms with Crippen LogP contribution < -0.4 is 4.72 Å². The fraction of sp³-hybridized carbons (Fsp3) is 1.00. The first kappa shape index (κ1) is 14.8. The van der Waals surface area contributed by atoms with Crippen LogP contribution in [0.4, 0.5) is 0 Å². The standard InChI is InChI=1S/C14H26N2O3S/c17-10-13-3-1-2-8-16(13)20(18,19)15-9-14(11-4-5-11)12-6-7-12/h11-15,17H,1-10H2. The third-order valence-corrected chi connectivity index (χ3v) is 6.68. The number of hydrogen-bond donors (Lipinski definition) is 2. The Kier molecular flexibility index (Phi) is 4.36. The fourth-order valence-corrected chi connectivity index (χ4v) is 5.03. The molecule has 116 valence electrons. The molecule has 1 unspecified atom stereocenters. The summed E-state index contributed by atoms with van der Waals surface area (Å²) in [5.41, 5.74) is 0. The lowest BCUT2D eigenvalue weighted by Crippen LogP contribution is -2.51. The number of piperidine rings is 1. The van der Waals surface area contributed by atoms with Crippen molar-refractivity contribution in [3.8, 4) is 0 Å². The van der Waals surface area contributed by atoms with Crippen LogP contribution in [-0.2, 0) is 10.2 Å². The molecule has 0 aromatic heterocycles. The molecule has 6 heteroatoms. The van der Waals surface area contributed by atoms with Gasteiger partial charge in [0.2, 0.25) is 0 Å². The van der Waals surface area contributed by atoms with Crippen molar-refractivity contribution >= 4 is 10.2 Å². The molecule has 2 saturated carbocycles. The lowest BCUT2D eigenvalue weighted by Gasteiger charge is -2.33. The van der Waals surface area contributed by atoms with Gasteiger partial charge >= 0.3 is 0 Å². The van der Waals surface area contributed by atoms with Crippen LogP contribution in [0.15, 0.2) is 0 Å². The molecular formula is C14H26N2O3S. The second-order valence-corrected chi connectivity index (χ2v) is 8.34. The average Bonchev–Trinajstić information content (AvgIpc) is 3.32. The van der Waals surface area contributed by atoms with E-state index in [1.165, 1.54) is 30.0 Å². The van der Waals surface area contributed by atoms with Gasteiger partial charge in [0.25, 0.3) is 10.2 Å². The molecule has 0 spiro atoms. The van der Waals surface area contributed by atoms with Crippen molar-refractivity contribution in [1.82, 2.24) is 9.03 Å². The van der Waals surface area contributed by atoms with E-state index in [9.17, 15) is 13.5 Å². The summed E-state index contributed by atoms with van der Waals surface area (Å²) in [7, 11) is -3.43. The van der Waals surface area contributed by atoms with E-state index in [1.807, 2.05) is 0 Å². The normalized spacial score (nSPS) is 29.0. The summed E-state index contributed by atoms with van der Waals surface area (Å²) in [4.78, 5) is 0. The molecule has 2 aliphatic carbocycles. The molecule has 1 heterocycles. The summed E-state index contributed by atoms with van der Waals surface area (Å²) in [5.74, 6) is 2.04. The highest BCUT2D eigenvalue weighted by Gasteiger charge is 2.42. The number of nitrogens with zero attached hydrogens (tertiary/aromatic N) is 1. The number of hydrogen-bond acceptors (Lipinski definition) is 3. The maximum Gasteiger partial charge on any atom is 0.279 e. The van der Waals surface area contributed by atoms with Crippen LogP contribution in [0.3, 0.4) is 0 Å². The van der Waals surface area contributed by atoms with Crippen LogP contribution in [0.1, 0.15) is 44.9 Å². The van der Waals surface area contributed by atoms with E-state index in [0.29, 0.717) is 19.0 Å². The minimum absolute atomic E-state index is 0.0738. The van der Waals surface area contributed by atoms with Crippen LogP contribution in [0, 0.1) is 17.8 Å². The summed E-state index contributed by atoms with van der Waals surface area (Å²) in [6.07, 6.45) is 7.75. The van der Waals surface area contributed by atoms with Gasteiger partial charge in [-0.1, -0.05) is 6.42 Å². The first-order valence-electron chi connectivity index (χ1n) is 7.99. The third-order valence-electron chi connectivity index (χ3n) is 5.05. The lowest BCUT2D eigenvalue weighted by molar-refractivity contribution is 0.153. The molecule has 0 radical (unpaired) electrons. The Morgan fingerprint density at radius 3 is 2.30 bits per heavy atom. The summed E-state index contributed by atoms with van der Waals surface area (Å²) in [6.45, 7) is 1.06. The highest BCUT2D eigenvalue weighted by Crippen LogP contribution is 2.48. The number of aliphatic hydroxyl groups is 1. The van der Waals surface area contributed by atoms with E-state index in [-0.39, 0.29) is 12.6 Å². The molecular weight excluding hydrogens is 276 g/mol. The molecule has 1 aliphatic heterocycles. The van der Waals surface area contributed by atoms with E-state index < -0.39 is 10.2 Å². The predicted molar refractivity (Wildman–Crippen MR) is 77.3 cm³/mol. The minimum atomic E-state index is -3.43. The van der Waals surface area contributed by atoms with Crippen molar-refractivity contribution in [1.29, 1.82) is 0 Å². The quantitative estimate of drug-likeness (QED) is 0.740. The summed E-state index contributed by atoms with van der Waals surface area (Å²) >= 11 is 0. The molecule has 1 saturated heterocycles. The topological polar surface area (TPSA) is 69.6 Å². The van der Waals surface area contributed by atoms with Gasteiger partial charge in [-0.2, -0.15) is 12.7 Å². The Morgan fingerprint density at radius 2 is 1.75 bits per heavy atom. The van der Waals surface area contributed by atoms with Gasteiger partial charge < -0.3 is 5.11 Å². The molecule has 5 nitrogen and oxygen atoms in total. The van der Waals surface area contributed by atoms with Crippen molar-refractivity contribution in [2.75, 3.05) is 19.7 Å². The van der Waals surface area contributed by atoms with Gasteiger partial charge in [-0.15, -0.1) is 0 Å². The average molecular weight is 302 g/mol. The molecule has 1 atom stereocenters. The van der Waals surface area contributed by atoms with Crippen LogP contribution in [0.5, 0.6) is 0 Å². The lowest BCUT2D eigenvalue weighted by atomic mass is 9.99. The van der Waals surface area contributed by atoms with Crippen LogP contribution in [0.2, 0.25) is 0 Å². The number of nitrogens with one attached hydrogen (secondary N) is 1. The molecule has 3 aliphatic rings. The maximum absolute atomic E-state index is 12.4. The number of aliphatic hydroxyl groups excluding tert-OH is 1. The van der Waals surface area contributed by atoms with E-state index in [0.717, 1.165) is 31.1 Å². The van der Waals surface area contributed by atoms with Gasteiger partial charge in [-0.3, -0.25) is 0 Å². The van der Waals surface area contributed by atoms with Gasteiger partial charge in [0, 0.05) is 19.1 Å². The van der Waals surface area contributed by atoms with Gasteiger partial charge in [0.1, 0.15) is 0 Å². The molecule has 3 rings (SSSR count). The molecule has 2 N–H and O–H groups in total. The van der Waals surface area contributed by atoms with Gasteiger partial charge in [-0.05, 0) is 56.3 Å². The molecule has 3 fully saturated rings. The second kappa shape index (κ2) is 5.91. The van der Waals surface area contributed by atoms with E-state index in [1.54, 1.807) is 0 Å². The monoisotopic (exact) mass is 302 g/mol. The largest absolute Gasteiger partial charge is 0.395 e. The minimum Gasteiger partial charge on any atom is -0.395 e. The zero-order valence-electron chi connectivity index (χ0n) is 12.0. The van der Waals surface area contributed by atoms with Crippen LogP contribution in [0.25, 0.3) is 0 Å². The van der Waals surface area contributed by atoms with E-state index in [4.69, 9.17) is 0 Å². The van der Waals surface area contributed by atoms with Crippen molar-refractivity contribution in [3.05, 3.63) is 0 Å². The molecule has 0 aromatic rings.